The van der Waals surface area contributed by atoms with Gasteiger partial charge in [-0.15, -0.1) is 0 Å². The lowest BCUT2D eigenvalue weighted by molar-refractivity contribution is 0.239. The monoisotopic (exact) mass is 546 g/mol. The standard InChI is InChI=1S/C27H26N6O5S/c28-24(29)22-13-11-19(12-14-22)15-30-26(35)33-25(34)23(31-39(37,38)18-21-9-5-2-6-10-21)17-32(27(33)36)16-20-7-3-1-4-8-20/h1-14,17,31H,15-16,18H2,(H3,28,29)(H,30,35). The molecule has 0 aliphatic heterocycles. The third-order valence-electron chi connectivity index (χ3n) is 5.73. The zero-order chi connectivity index (χ0) is 28.0. The number of nitrogens with zero attached hydrogens (tertiary/aromatic N) is 2. The van der Waals surface area contributed by atoms with Crippen molar-refractivity contribution in [2.75, 3.05) is 4.72 Å². The van der Waals surface area contributed by atoms with Gasteiger partial charge in [0.25, 0.3) is 5.56 Å². The number of carbonyl (C=O) groups is 1. The van der Waals surface area contributed by atoms with E-state index in [0.29, 0.717) is 26.8 Å². The summed E-state index contributed by atoms with van der Waals surface area (Å²) in [7, 11) is -4.06. The first kappa shape index (κ1) is 27.1. The molecule has 200 valence electrons. The molecule has 0 unspecified atom stereocenters. The van der Waals surface area contributed by atoms with E-state index in [1.165, 1.54) is 0 Å². The van der Waals surface area contributed by atoms with Gasteiger partial charge in [0.2, 0.25) is 10.0 Å². The maximum Gasteiger partial charge on any atom is 0.339 e. The minimum absolute atomic E-state index is 0.00679. The van der Waals surface area contributed by atoms with E-state index in [4.69, 9.17) is 11.1 Å². The molecule has 0 radical (unpaired) electrons. The SMILES string of the molecule is N=C(N)c1ccc(CNC(=O)n2c(=O)c(NS(=O)(=O)Cc3ccccc3)cn(Cc3ccccc3)c2=O)cc1. The fourth-order valence-corrected chi connectivity index (χ4v) is 4.98. The van der Waals surface area contributed by atoms with Gasteiger partial charge in [0.15, 0.2) is 0 Å². The summed E-state index contributed by atoms with van der Waals surface area (Å²) in [6, 6.07) is 22.7. The average molecular weight is 547 g/mol. The third-order valence-corrected chi connectivity index (χ3v) is 6.97. The summed E-state index contributed by atoms with van der Waals surface area (Å²) in [4.78, 5) is 39.5. The first-order chi connectivity index (χ1) is 18.6. The molecule has 0 spiro atoms. The second-order valence-electron chi connectivity index (χ2n) is 8.70. The first-order valence-electron chi connectivity index (χ1n) is 11.8. The number of amidine groups is 1. The van der Waals surface area contributed by atoms with Crippen LogP contribution in [0, 0.1) is 5.41 Å². The molecule has 1 amide bonds. The second kappa shape index (κ2) is 11.6. The van der Waals surface area contributed by atoms with Gasteiger partial charge in [0.05, 0.1) is 12.3 Å². The maximum absolute atomic E-state index is 13.2. The molecule has 0 fully saturated rings. The van der Waals surface area contributed by atoms with E-state index in [1.54, 1.807) is 84.9 Å². The summed E-state index contributed by atoms with van der Waals surface area (Å²) in [6.45, 7) is -0.0430. The van der Waals surface area contributed by atoms with Crippen LogP contribution in [0.25, 0.3) is 0 Å². The Hall–Kier alpha value is -4.97. The number of nitrogens with one attached hydrogen (secondary N) is 3. The first-order valence-corrected chi connectivity index (χ1v) is 13.4. The van der Waals surface area contributed by atoms with Crippen molar-refractivity contribution in [2.45, 2.75) is 18.8 Å². The minimum Gasteiger partial charge on any atom is -0.384 e. The van der Waals surface area contributed by atoms with Crippen LogP contribution in [0.3, 0.4) is 0 Å². The van der Waals surface area contributed by atoms with Crippen molar-refractivity contribution in [3.63, 3.8) is 0 Å². The van der Waals surface area contributed by atoms with Crippen LogP contribution in [0.5, 0.6) is 0 Å². The molecule has 0 aliphatic rings. The molecule has 0 saturated heterocycles. The number of amides is 1. The van der Waals surface area contributed by atoms with Crippen molar-refractivity contribution in [2.24, 2.45) is 5.73 Å². The van der Waals surface area contributed by atoms with E-state index >= 15 is 0 Å². The Labute approximate surface area is 224 Å². The zero-order valence-electron chi connectivity index (χ0n) is 20.7. The quantitative estimate of drug-likeness (QED) is 0.185. The highest BCUT2D eigenvalue weighted by Gasteiger charge is 2.21. The molecule has 4 aromatic rings. The lowest BCUT2D eigenvalue weighted by atomic mass is 10.1. The van der Waals surface area contributed by atoms with E-state index in [2.05, 4.69) is 10.0 Å². The van der Waals surface area contributed by atoms with Crippen LogP contribution >= 0.6 is 0 Å². The van der Waals surface area contributed by atoms with Crippen molar-refractivity contribution < 1.29 is 13.2 Å². The highest BCUT2D eigenvalue weighted by molar-refractivity contribution is 7.91. The maximum atomic E-state index is 13.2. The smallest absolute Gasteiger partial charge is 0.339 e. The number of nitrogen functional groups attached to an aromatic ring is 1. The van der Waals surface area contributed by atoms with Crippen molar-refractivity contribution >= 4 is 27.6 Å². The van der Waals surface area contributed by atoms with E-state index in [1.807, 2.05) is 0 Å². The molecule has 0 saturated carbocycles. The topological polar surface area (TPSA) is 169 Å². The third kappa shape index (κ3) is 6.87. The molecule has 12 heteroatoms. The summed E-state index contributed by atoms with van der Waals surface area (Å²) >= 11 is 0. The van der Waals surface area contributed by atoms with Crippen LogP contribution in [-0.2, 0) is 28.9 Å². The molecule has 3 aromatic carbocycles. The Kier molecular flexibility index (Phi) is 8.06. The van der Waals surface area contributed by atoms with Gasteiger partial charge in [-0.3, -0.25) is 19.5 Å². The molecule has 5 N–H and O–H groups in total. The predicted octanol–water partition coefficient (Wildman–Crippen LogP) is 2.04. The summed E-state index contributed by atoms with van der Waals surface area (Å²) in [6.07, 6.45) is 1.10. The largest absolute Gasteiger partial charge is 0.384 e. The van der Waals surface area contributed by atoms with Gasteiger partial charge >= 0.3 is 11.7 Å². The molecule has 11 nitrogen and oxygen atoms in total. The second-order valence-corrected chi connectivity index (χ2v) is 10.4. The van der Waals surface area contributed by atoms with Crippen molar-refractivity contribution in [1.29, 1.82) is 5.41 Å². The summed E-state index contributed by atoms with van der Waals surface area (Å²) in [5.41, 5.74) is 5.31. The lowest BCUT2D eigenvalue weighted by Crippen LogP contribution is -2.48. The van der Waals surface area contributed by atoms with Gasteiger partial charge in [-0.25, -0.2) is 18.0 Å². The Bertz CT molecular complexity index is 1710. The van der Waals surface area contributed by atoms with Crippen LogP contribution in [0.4, 0.5) is 10.5 Å². The number of rotatable bonds is 9. The van der Waals surface area contributed by atoms with E-state index < -0.39 is 38.7 Å². The number of hydrogen-bond donors (Lipinski definition) is 4. The van der Waals surface area contributed by atoms with Crippen LogP contribution in [-0.4, -0.2) is 29.4 Å². The lowest BCUT2D eigenvalue weighted by Gasteiger charge is -2.15. The van der Waals surface area contributed by atoms with Gasteiger partial charge in [-0.1, -0.05) is 84.9 Å². The molecule has 0 bridgehead atoms. The van der Waals surface area contributed by atoms with Crippen molar-refractivity contribution in [1.82, 2.24) is 14.5 Å². The number of benzene rings is 3. The fourth-order valence-electron chi connectivity index (χ4n) is 3.80. The number of nitrogens with two attached hydrogens (primary N) is 1. The zero-order valence-corrected chi connectivity index (χ0v) is 21.5. The molecule has 0 aliphatic carbocycles. The fraction of sp³-hybridized carbons (Fsp3) is 0.111. The Morgan fingerprint density at radius 3 is 2.03 bits per heavy atom. The molecule has 39 heavy (non-hydrogen) atoms. The Balaban J connectivity index is 1.67. The average Bonchev–Trinajstić information content (AvgIpc) is 2.91. The number of sulfonamides is 1. The van der Waals surface area contributed by atoms with Crippen LogP contribution in [0.2, 0.25) is 0 Å². The Morgan fingerprint density at radius 1 is 0.846 bits per heavy atom. The molecule has 1 heterocycles. The van der Waals surface area contributed by atoms with E-state index in [0.717, 1.165) is 10.8 Å². The molecule has 4 rings (SSSR count). The van der Waals surface area contributed by atoms with Gasteiger partial charge in [-0.05, 0) is 16.7 Å². The van der Waals surface area contributed by atoms with Crippen LogP contribution in [0.15, 0.2) is 101 Å². The normalized spacial score (nSPS) is 11.1. The number of anilines is 1. The highest BCUT2D eigenvalue weighted by atomic mass is 32.2. The van der Waals surface area contributed by atoms with Crippen molar-refractivity contribution in [3.05, 3.63) is 134 Å². The number of aromatic nitrogens is 2. The summed E-state index contributed by atoms with van der Waals surface area (Å²) in [5.74, 6) is -0.518. The molecule has 1 aromatic heterocycles. The van der Waals surface area contributed by atoms with Crippen molar-refractivity contribution in [3.8, 4) is 0 Å². The van der Waals surface area contributed by atoms with Gasteiger partial charge in [0, 0.05) is 18.3 Å². The van der Waals surface area contributed by atoms with Gasteiger partial charge in [0.1, 0.15) is 11.5 Å². The summed E-state index contributed by atoms with van der Waals surface area (Å²) < 4.78 is 29.4. The predicted molar refractivity (Wildman–Crippen MR) is 148 cm³/mol. The van der Waals surface area contributed by atoms with Crippen LogP contribution < -0.4 is 27.0 Å². The number of carbonyl (C=O) groups excluding carboxylic acids is 1. The Morgan fingerprint density at radius 2 is 1.44 bits per heavy atom. The number of hydrogen-bond acceptors (Lipinski definition) is 6. The highest BCUT2D eigenvalue weighted by Crippen LogP contribution is 2.10. The minimum atomic E-state index is -4.06. The van der Waals surface area contributed by atoms with Gasteiger partial charge in [-0.2, -0.15) is 4.57 Å². The molecule has 0 atom stereocenters. The molecular formula is C27H26N6O5S. The van der Waals surface area contributed by atoms with E-state index in [9.17, 15) is 22.8 Å². The van der Waals surface area contributed by atoms with Crippen LogP contribution in [0.1, 0.15) is 22.3 Å². The van der Waals surface area contributed by atoms with Gasteiger partial charge < -0.3 is 11.1 Å². The summed E-state index contributed by atoms with van der Waals surface area (Å²) in [5, 5.41) is 9.98. The van der Waals surface area contributed by atoms with E-state index in [-0.39, 0.29) is 18.9 Å². The molecular weight excluding hydrogens is 520 g/mol.